The van der Waals surface area contributed by atoms with Gasteiger partial charge in [-0.15, -0.1) is 13.8 Å². The van der Waals surface area contributed by atoms with Crippen molar-refractivity contribution in [1.29, 1.82) is 0 Å². The third-order valence-corrected chi connectivity index (χ3v) is 3.01. The van der Waals surface area contributed by atoms with Gasteiger partial charge in [0.15, 0.2) is 11.5 Å². The lowest BCUT2D eigenvalue weighted by atomic mass is 10.3. The topological polar surface area (TPSA) is 69.2 Å². The van der Waals surface area contributed by atoms with Crippen molar-refractivity contribution in [3.63, 3.8) is 0 Å². The number of urea groups is 1. The number of rotatable bonds is 1. The highest BCUT2D eigenvalue weighted by Crippen LogP contribution is 2.41. The Morgan fingerprint density at radius 2 is 1.96 bits per heavy atom. The number of aromatic nitrogens is 1. The van der Waals surface area contributed by atoms with E-state index in [1.54, 1.807) is 27.2 Å². The highest BCUT2D eigenvalue weighted by Gasteiger charge is 2.43. The van der Waals surface area contributed by atoms with Crippen molar-refractivity contribution in [2.24, 2.45) is 4.99 Å². The summed E-state index contributed by atoms with van der Waals surface area (Å²) in [5.41, 5.74) is 0.457. The predicted octanol–water partition coefficient (Wildman–Crippen LogP) is 2.28. The van der Waals surface area contributed by atoms with Crippen molar-refractivity contribution in [3.05, 3.63) is 35.8 Å². The molecule has 2 amide bonds. The van der Waals surface area contributed by atoms with Gasteiger partial charge in [0.05, 0.1) is 11.9 Å². The lowest BCUT2D eigenvalue weighted by Crippen LogP contribution is -2.26. The number of ether oxygens (including phenoxy) is 2. The van der Waals surface area contributed by atoms with Crippen molar-refractivity contribution in [1.82, 2.24) is 9.47 Å². The average molecular weight is 325 g/mol. The van der Waals surface area contributed by atoms with Crippen LogP contribution in [0.25, 0.3) is 5.69 Å². The molecule has 0 saturated heterocycles. The van der Waals surface area contributed by atoms with Gasteiger partial charge in [-0.1, -0.05) is 0 Å². The summed E-state index contributed by atoms with van der Waals surface area (Å²) in [6.07, 6.45) is -2.11. The number of benzene rings is 1. The molecule has 2 aromatic rings. The van der Waals surface area contributed by atoms with Crippen LogP contribution < -0.4 is 15.2 Å². The molecule has 1 aromatic heterocycles. The van der Waals surface area contributed by atoms with E-state index >= 15 is 0 Å². The number of hydrogen-bond donors (Lipinski definition) is 0. The van der Waals surface area contributed by atoms with E-state index in [1.165, 1.54) is 27.7 Å². The maximum atomic E-state index is 13.1. The van der Waals surface area contributed by atoms with E-state index < -0.39 is 12.3 Å². The molecule has 1 aliphatic rings. The van der Waals surface area contributed by atoms with E-state index in [4.69, 9.17) is 4.42 Å². The first kappa shape index (κ1) is 15.1. The highest BCUT2D eigenvalue weighted by molar-refractivity contribution is 5.74. The quantitative estimate of drug-likeness (QED) is 0.806. The van der Waals surface area contributed by atoms with Crippen molar-refractivity contribution in [2.75, 3.05) is 14.1 Å². The summed E-state index contributed by atoms with van der Waals surface area (Å²) in [6, 6.07) is 3.71. The Bertz CT molecular complexity index is 839. The van der Waals surface area contributed by atoms with Gasteiger partial charge in [-0.25, -0.2) is 4.79 Å². The Kier molecular flexibility index (Phi) is 3.35. The second-order valence-electron chi connectivity index (χ2n) is 5.08. The molecule has 0 atom stereocenters. The van der Waals surface area contributed by atoms with Gasteiger partial charge in [0, 0.05) is 20.2 Å². The molecule has 3 rings (SSSR count). The predicted molar refractivity (Wildman–Crippen MR) is 73.6 cm³/mol. The van der Waals surface area contributed by atoms with Crippen LogP contribution in [0.3, 0.4) is 0 Å². The summed E-state index contributed by atoms with van der Waals surface area (Å²) in [4.78, 5) is 16.8. The van der Waals surface area contributed by atoms with Crippen molar-refractivity contribution < 1.29 is 27.5 Å². The number of oxazole rings is 1. The summed E-state index contributed by atoms with van der Waals surface area (Å²) in [5.74, 6) is 0.324. The Hall–Kier alpha value is -2.84. The molecule has 23 heavy (non-hydrogen) atoms. The van der Waals surface area contributed by atoms with Gasteiger partial charge in [-0.2, -0.15) is 0 Å². The molecule has 2 heterocycles. The maximum absolute atomic E-state index is 13.1. The number of carbonyl (C=O) groups excluding carboxylic acids is 1. The molecule has 122 valence electrons. The molecule has 1 aliphatic heterocycles. The van der Waals surface area contributed by atoms with Crippen molar-refractivity contribution in [3.8, 4) is 17.2 Å². The molecule has 0 spiro atoms. The number of fused-ring (bicyclic) bond motifs is 1. The zero-order valence-corrected chi connectivity index (χ0v) is 12.5. The number of carbonyl (C=O) groups is 1. The fourth-order valence-electron chi connectivity index (χ4n) is 1.99. The normalized spacial score (nSPS) is 15.8. The third kappa shape index (κ3) is 2.89. The largest absolute Gasteiger partial charge is 0.586 e. The molecular weight excluding hydrogens is 312 g/mol. The van der Waals surface area contributed by atoms with Crippen LogP contribution in [0.1, 0.15) is 5.76 Å². The van der Waals surface area contributed by atoms with Gasteiger partial charge in [0.25, 0.3) is 0 Å². The van der Waals surface area contributed by atoms with Gasteiger partial charge >= 0.3 is 18.0 Å². The fourth-order valence-corrected chi connectivity index (χ4v) is 1.99. The van der Waals surface area contributed by atoms with Crippen molar-refractivity contribution >= 4 is 6.03 Å². The smallest absolute Gasteiger partial charge is 0.428 e. The molecule has 0 N–H and O–H groups in total. The number of nitrogens with zero attached hydrogens (tertiary/aromatic N) is 3. The number of halogens is 2. The van der Waals surface area contributed by atoms with E-state index in [1.807, 2.05) is 0 Å². The molecule has 0 saturated carbocycles. The van der Waals surface area contributed by atoms with Gasteiger partial charge in [-0.05, 0) is 19.1 Å². The summed E-state index contributed by atoms with van der Waals surface area (Å²) in [6.45, 7) is 1.68. The van der Waals surface area contributed by atoms with E-state index in [9.17, 15) is 13.6 Å². The van der Waals surface area contributed by atoms with Gasteiger partial charge in [0.2, 0.25) is 0 Å². The Balaban J connectivity index is 2.06. The summed E-state index contributed by atoms with van der Waals surface area (Å²) < 4.78 is 41.7. The van der Waals surface area contributed by atoms with E-state index in [2.05, 4.69) is 14.5 Å². The van der Waals surface area contributed by atoms with Gasteiger partial charge < -0.3 is 18.8 Å². The second-order valence-corrected chi connectivity index (χ2v) is 5.08. The first-order valence-electron chi connectivity index (χ1n) is 6.60. The number of alkyl halides is 2. The molecule has 0 fully saturated rings. The van der Waals surface area contributed by atoms with E-state index in [0.29, 0.717) is 11.4 Å². The van der Waals surface area contributed by atoms with Crippen LogP contribution in [0.15, 0.2) is 33.8 Å². The molecule has 0 unspecified atom stereocenters. The molecule has 1 aromatic carbocycles. The van der Waals surface area contributed by atoms with E-state index in [-0.39, 0.29) is 17.2 Å². The third-order valence-electron chi connectivity index (χ3n) is 3.01. The van der Waals surface area contributed by atoms with Crippen LogP contribution >= 0.6 is 0 Å². The van der Waals surface area contributed by atoms with Crippen LogP contribution in [0.2, 0.25) is 0 Å². The molecule has 0 aliphatic carbocycles. The fraction of sp³-hybridized carbons (Fsp3) is 0.286. The van der Waals surface area contributed by atoms with Crippen LogP contribution in [0, 0.1) is 6.92 Å². The average Bonchev–Trinajstić information content (AvgIpc) is 2.95. The number of hydrogen-bond acceptors (Lipinski definition) is 4. The summed E-state index contributed by atoms with van der Waals surface area (Å²) in [7, 11) is 3.10. The lowest BCUT2D eigenvalue weighted by Gasteiger charge is -2.05. The Labute approximate surface area is 129 Å². The first-order chi connectivity index (χ1) is 10.7. The summed E-state index contributed by atoms with van der Waals surface area (Å²) >= 11 is 0. The molecule has 9 heteroatoms. The van der Waals surface area contributed by atoms with Crippen molar-refractivity contribution in [2.45, 2.75) is 13.2 Å². The number of aryl methyl sites for hydroxylation is 1. The molecule has 7 nitrogen and oxygen atoms in total. The SMILES string of the molecule is Cc1cn(-c2ccc3c(c2)OC(F)(F)O3)c(=NC(=O)N(C)C)o1. The monoisotopic (exact) mass is 325 g/mol. The van der Waals surface area contributed by atoms with Crippen LogP contribution in [-0.2, 0) is 0 Å². The minimum atomic E-state index is -3.69. The lowest BCUT2D eigenvalue weighted by molar-refractivity contribution is -0.286. The van der Waals surface area contributed by atoms with Gasteiger partial charge in [-0.3, -0.25) is 4.57 Å². The highest BCUT2D eigenvalue weighted by atomic mass is 19.3. The summed E-state index contributed by atoms with van der Waals surface area (Å²) in [5, 5.41) is 0. The standard InChI is InChI=1S/C14H13F2N3O4/c1-8-7-19(13(21-8)17-12(20)18(2)3)9-4-5-10-11(6-9)23-14(15,16)22-10/h4-7H,1-3H3. The zero-order chi connectivity index (χ0) is 16.8. The van der Waals surface area contributed by atoms with Gasteiger partial charge in [0.1, 0.15) is 5.76 Å². The maximum Gasteiger partial charge on any atom is 0.586 e. The Morgan fingerprint density at radius 3 is 2.65 bits per heavy atom. The van der Waals surface area contributed by atoms with Crippen LogP contribution in [0.4, 0.5) is 13.6 Å². The Morgan fingerprint density at radius 1 is 1.26 bits per heavy atom. The van der Waals surface area contributed by atoms with Crippen LogP contribution in [0.5, 0.6) is 11.5 Å². The minimum absolute atomic E-state index is 0.0202. The zero-order valence-electron chi connectivity index (χ0n) is 12.5. The molecule has 0 radical (unpaired) electrons. The van der Waals surface area contributed by atoms with Crippen LogP contribution in [-0.4, -0.2) is 35.9 Å². The second kappa shape index (κ2) is 5.11. The molecule has 0 bridgehead atoms. The van der Waals surface area contributed by atoms with E-state index in [0.717, 1.165) is 0 Å². The minimum Gasteiger partial charge on any atom is -0.428 e. The number of amides is 2. The molecular formula is C14H13F2N3O4. The first-order valence-corrected chi connectivity index (χ1v) is 6.60.